The number of rotatable bonds is 3. The van der Waals surface area contributed by atoms with Gasteiger partial charge in [-0.25, -0.2) is 0 Å². The second kappa shape index (κ2) is 6.59. The van der Waals surface area contributed by atoms with Crippen molar-refractivity contribution in [1.82, 2.24) is 0 Å². The van der Waals surface area contributed by atoms with Crippen LogP contribution in [-0.2, 0) is 4.79 Å². The van der Waals surface area contributed by atoms with Gasteiger partial charge in [0.25, 0.3) is 11.8 Å². The summed E-state index contributed by atoms with van der Waals surface area (Å²) in [7, 11) is 0. The van der Waals surface area contributed by atoms with E-state index in [2.05, 4.69) is 0 Å². The summed E-state index contributed by atoms with van der Waals surface area (Å²) in [4.78, 5) is 26.3. The van der Waals surface area contributed by atoms with Crippen LogP contribution in [0, 0.1) is 6.92 Å². The third kappa shape index (κ3) is 3.11. The predicted molar refractivity (Wildman–Crippen MR) is 102 cm³/mol. The SMILES string of the molecule is Cc1cccc(/C=C2\SC(=S)N(c3ccccc3C(N)=O)C2=O)c1. The molecule has 0 bridgehead atoms. The van der Waals surface area contributed by atoms with Gasteiger partial charge < -0.3 is 5.73 Å². The zero-order valence-corrected chi connectivity index (χ0v) is 14.5. The van der Waals surface area contributed by atoms with Gasteiger partial charge in [0, 0.05) is 0 Å². The van der Waals surface area contributed by atoms with Gasteiger partial charge in [0.15, 0.2) is 4.32 Å². The molecule has 4 nitrogen and oxygen atoms in total. The Morgan fingerprint density at radius 2 is 1.96 bits per heavy atom. The molecule has 0 radical (unpaired) electrons. The standard InChI is InChI=1S/C18H14N2O2S2/c1-11-5-4-6-12(9-11)10-15-17(22)20(18(23)24-15)14-8-3-2-7-13(14)16(19)21/h2-10H,1H3,(H2,19,21)/b15-10-. The van der Waals surface area contributed by atoms with E-state index in [1.54, 1.807) is 30.3 Å². The van der Waals surface area contributed by atoms with Crippen molar-refractivity contribution >= 4 is 51.9 Å². The van der Waals surface area contributed by atoms with Gasteiger partial charge in [-0.05, 0) is 30.7 Å². The molecule has 2 N–H and O–H groups in total. The molecule has 0 atom stereocenters. The molecular weight excluding hydrogens is 340 g/mol. The first-order valence-electron chi connectivity index (χ1n) is 7.21. The molecule has 3 rings (SSSR count). The van der Waals surface area contributed by atoms with Gasteiger partial charge in [-0.2, -0.15) is 0 Å². The van der Waals surface area contributed by atoms with Gasteiger partial charge >= 0.3 is 0 Å². The zero-order valence-electron chi connectivity index (χ0n) is 12.9. The van der Waals surface area contributed by atoms with Crippen molar-refractivity contribution in [2.24, 2.45) is 5.73 Å². The van der Waals surface area contributed by atoms with Crippen LogP contribution in [0.2, 0.25) is 0 Å². The number of nitrogens with two attached hydrogens (primary N) is 1. The number of carbonyl (C=O) groups is 2. The maximum atomic E-state index is 12.8. The van der Waals surface area contributed by atoms with Gasteiger partial charge in [0.1, 0.15) is 0 Å². The summed E-state index contributed by atoms with van der Waals surface area (Å²) in [6.45, 7) is 1.99. The molecule has 2 aromatic rings. The Balaban J connectivity index is 2.00. The lowest BCUT2D eigenvalue weighted by Gasteiger charge is -2.17. The number of anilines is 1. The summed E-state index contributed by atoms with van der Waals surface area (Å²) >= 11 is 6.55. The van der Waals surface area contributed by atoms with Crippen molar-refractivity contribution < 1.29 is 9.59 Å². The van der Waals surface area contributed by atoms with E-state index >= 15 is 0 Å². The van der Waals surface area contributed by atoms with E-state index in [4.69, 9.17) is 18.0 Å². The lowest BCUT2D eigenvalue weighted by atomic mass is 10.1. The number of nitrogens with zero attached hydrogens (tertiary/aromatic N) is 1. The average molecular weight is 354 g/mol. The average Bonchev–Trinajstić information content (AvgIpc) is 2.81. The minimum Gasteiger partial charge on any atom is -0.366 e. The predicted octanol–water partition coefficient (Wildman–Crippen LogP) is 3.50. The van der Waals surface area contributed by atoms with Crippen molar-refractivity contribution in [2.75, 3.05) is 4.90 Å². The molecule has 1 saturated heterocycles. The smallest absolute Gasteiger partial charge is 0.270 e. The van der Waals surface area contributed by atoms with E-state index < -0.39 is 5.91 Å². The number of para-hydroxylation sites is 1. The maximum absolute atomic E-state index is 12.8. The van der Waals surface area contributed by atoms with Crippen LogP contribution < -0.4 is 10.6 Å². The summed E-state index contributed by atoms with van der Waals surface area (Å²) in [6.07, 6.45) is 1.80. The Kier molecular flexibility index (Phi) is 4.51. The molecule has 0 saturated carbocycles. The fourth-order valence-electron chi connectivity index (χ4n) is 2.46. The number of benzene rings is 2. The van der Waals surface area contributed by atoms with E-state index in [-0.39, 0.29) is 11.5 Å². The Morgan fingerprint density at radius 3 is 2.67 bits per heavy atom. The van der Waals surface area contributed by atoms with Crippen molar-refractivity contribution in [3.05, 3.63) is 70.1 Å². The minimum absolute atomic E-state index is 0.250. The van der Waals surface area contributed by atoms with Crippen molar-refractivity contribution in [2.45, 2.75) is 6.92 Å². The fourth-order valence-corrected chi connectivity index (χ4v) is 3.75. The van der Waals surface area contributed by atoms with Crippen molar-refractivity contribution in [3.8, 4) is 0 Å². The summed E-state index contributed by atoms with van der Waals surface area (Å²) in [5.41, 5.74) is 8.13. The first-order valence-corrected chi connectivity index (χ1v) is 8.43. The second-order valence-corrected chi connectivity index (χ2v) is 6.99. The summed E-state index contributed by atoms with van der Waals surface area (Å²) in [5.74, 6) is -0.845. The van der Waals surface area contributed by atoms with Gasteiger partial charge in [0.2, 0.25) is 0 Å². The van der Waals surface area contributed by atoms with E-state index in [9.17, 15) is 9.59 Å². The number of hydrogen-bond acceptors (Lipinski definition) is 4. The third-order valence-corrected chi connectivity index (χ3v) is 4.85. The quantitative estimate of drug-likeness (QED) is 0.677. The highest BCUT2D eigenvalue weighted by Crippen LogP contribution is 2.37. The highest BCUT2D eigenvalue weighted by molar-refractivity contribution is 8.27. The lowest BCUT2D eigenvalue weighted by molar-refractivity contribution is -0.113. The van der Waals surface area contributed by atoms with Crippen LogP contribution in [0.5, 0.6) is 0 Å². The van der Waals surface area contributed by atoms with Crippen molar-refractivity contribution in [1.29, 1.82) is 0 Å². The van der Waals surface area contributed by atoms with Gasteiger partial charge in [-0.3, -0.25) is 14.5 Å². The molecule has 0 unspecified atom stereocenters. The monoisotopic (exact) mass is 354 g/mol. The number of thioether (sulfide) groups is 1. The highest BCUT2D eigenvalue weighted by Gasteiger charge is 2.35. The molecule has 2 amide bonds. The number of carbonyl (C=O) groups excluding carboxylic acids is 2. The Labute approximate surface area is 149 Å². The number of thiocarbonyl (C=S) groups is 1. The molecule has 0 aromatic heterocycles. The summed E-state index contributed by atoms with van der Waals surface area (Å²) < 4.78 is 0.382. The Morgan fingerprint density at radius 1 is 1.21 bits per heavy atom. The van der Waals surface area contributed by atoms with Crippen LogP contribution in [-0.4, -0.2) is 16.1 Å². The number of hydrogen-bond donors (Lipinski definition) is 1. The van der Waals surface area contributed by atoms with Crippen LogP contribution in [0.15, 0.2) is 53.4 Å². The fraction of sp³-hybridized carbons (Fsp3) is 0.0556. The second-order valence-electron chi connectivity index (χ2n) is 5.31. The van der Waals surface area contributed by atoms with Crippen LogP contribution in [0.3, 0.4) is 0 Å². The third-order valence-electron chi connectivity index (χ3n) is 3.54. The van der Waals surface area contributed by atoms with Crippen LogP contribution in [0.1, 0.15) is 21.5 Å². The first kappa shape index (κ1) is 16.4. The normalized spacial score (nSPS) is 16.0. The number of amides is 2. The Bertz CT molecular complexity index is 890. The van der Waals surface area contributed by atoms with Crippen molar-refractivity contribution in [3.63, 3.8) is 0 Å². The largest absolute Gasteiger partial charge is 0.366 e. The molecule has 0 aliphatic carbocycles. The topological polar surface area (TPSA) is 63.4 Å². The molecule has 0 spiro atoms. The molecule has 1 heterocycles. The molecule has 120 valence electrons. The number of primary amides is 1. The lowest BCUT2D eigenvalue weighted by Crippen LogP contribution is -2.30. The van der Waals surface area contributed by atoms with Gasteiger partial charge in [-0.1, -0.05) is 65.9 Å². The molecular formula is C18H14N2O2S2. The zero-order chi connectivity index (χ0) is 17.3. The molecule has 1 fully saturated rings. The van der Waals surface area contributed by atoms with E-state index in [0.717, 1.165) is 11.1 Å². The van der Waals surface area contributed by atoms with E-state index in [1.807, 2.05) is 31.2 Å². The highest BCUT2D eigenvalue weighted by atomic mass is 32.2. The summed E-state index contributed by atoms with van der Waals surface area (Å²) in [6, 6.07) is 14.5. The summed E-state index contributed by atoms with van der Waals surface area (Å²) in [5, 5.41) is 0. The molecule has 6 heteroatoms. The van der Waals surface area contributed by atoms with Crippen LogP contribution in [0.4, 0.5) is 5.69 Å². The molecule has 1 aliphatic heterocycles. The van der Waals surface area contributed by atoms with Crippen LogP contribution >= 0.6 is 24.0 Å². The van der Waals surface area contributed by atoms with Gasteiger partial charge in [-0.15, -0.1) is 0 Å². The molecule has 2 aromatic carbocycles. The van der Waals surface area contributed by atoms with Crippen LogP contribution in [0.25, 0.3) is 6.08 Å². The van der Waals surface area contributed by atoms with E-state index in [1.165, 1.54) is 16.7 Å². The Hall–Kier alpha value is -2.44. The first-order chi connectivity index (χ1) is 11.5. The van der Waals surface area contributed by atoms with Gasteiger partial charge in [0.05, 0.1) is 16.2 Å². The van der Waals surface area contributed by atoms with E-state index in [0.29, 0.717) is 14.9 Å². The number of aryl methyl sites for hydroxylation is 1. The molecule has 1 aliphatic rings. The maximum Gasteiger partial charge on any atom is 0.270 e. The molecule has 24 heavy (non-hydrogen) atoms. The minimum atomic E-state index is -0.595.